The fraction of sp³-hybridized carbons (Fsp3) is 0.966. The largest absolute Gasteiger partial charge is 0.394 e. The van der Waals surface area contributed by atoms with E-state index in [2.05, 4.69) is 12.2 Å². The van der Waals surface area contributed by atoms with E-state index in [0.29, 0.717) is 12.8 Å². The highest BCUT2D eigenvalue weighted by molar-refractivity contribution is 5.76. The Morgan fingerprint density at radius 1 is 0.789 bits per heavy atom. The van der Waals surface area contributed by atoms with E-state index in [1.54, 1.807) is 0 Å². The van der Waals surface area contributed by atoms with Gasteiger partial charge in [0.15, 0.2) is 6.29 Å². The number of carbonyl (C=O) groups excluding carboxylic acids is 1. The van der Waals surface area contributed by atoms with E-state index < -0.39 is 49.5 Å². The molecule has 5 unspecified atom stereocenters. The summed E-state index contributed by atoms with van der Waals surface area (Å²) in [6, 6.07) is -0.705. The molecular formula is C29H57NO8. The predicted molar refractivity (Wildman–Crippen MR) is 147 cm³/mol. The molecule has 0 bridgehead atoms. The van der Waals surface area contributed by atoms with Crippen LogP contribution in [0, 0.1) is 0 Å². The predicted octanol–water partition coefficient (Wildman–Crippen LogP) is 3.32. The van der Waals surface area contributed by atoms with E-state index >= 15 is 0 Å². The Morgan fingerprint density at radius 2 is 1.32 bits per heavy atom. The van der Waals surface area contributed by atoms with Crippen LogP contribution >= 0.6 is 0 Å². The van der Waals surface area contributed by atoms with Gasteiger partial charge < -0.3 is 40.3 Å². The maximum absolute atomic E-state index is 12.4. The van der Waals surface area contributed by atoms with Gasteiger partial charge in [0.2, 0.25) is 5.91 Å². The fourth-order valence-electron chi connectivity index (χ4n) is 4.84. The maximum Gasteiger partial charge on any atom is 0.220 e. The average molecular weight is 548 g/mol. The minimum absolute atomic E-state index is 0.139. The first-order valence-electron chi connectivity index (χ1n) is 15.2. The molecule has 7 atom stereocenters. The lowest BCUT2D eigenvalue weighted by molar-refractivity contribution is -0.302. The molecule has 6 N–H and O–H groups in total. The average Bonchev–Trinajstić information content (AvgIpc) is 2.91. The normalized spacial score (nSPS) is 25.3. The van der Waals surface area contributed by atoms with E-state index in [0.717, 1.165) is 32.1 Å². The lowest BCUT2D eigenvalue weighted by Gasteiger charge is -2.40. The zero-order valence-electron chi connectivity index (χ0n) is 23.9. The molecule has 1 aliphatic heterocycles. The van der Waals surface area contributed by atoms with E-state index in [9.17, 15) is 30.3 Å². The molecule has 0 saturated carbocycles. The Kier molecular flexibility index (Phi) is 20.3. The highest BCUT2D eigenvalue weighted by Crippen LogP contribution is 2.22. The van der Waals surface area contributed by atoms with Gasteiger partial charge in [-0.2, -0.15) is 0 Å². The summed E-state index contributed by atoms with van der Waals surface area (Å²) in [7, 11) is 0. The summed E-state index contributed by atoms with van der Waals surface area (Å²) in [6.45, 7) is 3.55. The van der Waals surface area contributed by atoms with Crippen LogP contribution in [0.4, 0.5) is 0 Å². The van der Waals surface area contributed by atoms with Crippen molar-refractivity contribution in [1.29, 1.82) is 0 Å². The first-order valence-corrected chi connectivity index (χ1v) is 15.2. The first-order chi connectivity index (χ1) is 18.3. The molecule has 9 heteroatoms. The van der Waals surface area contributed by atoms with Gasteiger partial charge in [0, 0.05) is 6.42 Å². The van der Waals surface area contributed by atoms with Crippen LogP contribution < -0.4 is 5.32 Å². The quantitative estimate of drug-likeness (QED) is 0.107. The second-order valence-electron chi connectivity index (χ2n) is 10.9. The molecule has 0 aromatic rings. The van der Waals surface area contributed by atoms with Crippen LogP contribution in [-0.4, -0.2) is 87.5 Å². The van der Waals surface area contributed by atoms with Crippen molar-refractivity contribution in [3.8, 4) is 0 Å². The van der Waals surface area contributed by atoms with Gasteiger partial charge >= 0.3 is 0 Å². The lowest BCUT2D eigenvalue weighted by Crippen LogP contribution is -2.60. The molecule has 1 fully saturated rings. The number of carbonyl (C=O) groups is 1. The zero-order valence-corrected chi connectivity index (χ0v) is 23.9. The molecule has 226 valence electrons. The van der Waals surface area contributed by atoms with Crippen LogP contribution in [0.2, 0.25) is 0 Å². The summed E-state index contributed by atoms with van der Waals surface area (Å²) in [6.07, 6.45) is 10.8. The zero-order chi connectivity index (χ0) is 28.2. The van der Waals surface area contributed by atoms with E-state index in [-0.39, 0.29) is 12.5 Å². The van der Waals surface area contributed by atoms with E-state index in [1.165, 1.54) is 64.2 Å². The first kappa shape index (κ1) is 35.2. The number of nitrogens with one attached hydrogen (secondary N) is 1. The molecule has 0 aromatic heterocycles. The van der Waals surface area contributed by atoms with Crippen molar-refractivity contribution in [3.05, 3.63) is 0 Å². The maximum atomic E-state index is 12.4. The molecule has 1 heterocycles. The van der Waals surface area contributed by atoms with E-state index in [1.807, 2.05) is 6.92 Å². The van der Waals surface area contributed by atoms with Gasteiger partial charge in [-0.05, 0) is 12.8 Å². The third kappa shape index (κ3) is 14.5. The third-order valence-corrected chi connectivity index (χ3v) is 7.46. The molecule has 0 aromatic carbocycles. The Hall–Kier alpha value is -0.810. The molecule has 1 amide bonds. The Morgan fingerprint density at radius 3 is 1.84 bits per heavy atom. The van der Waals surface area contributed by atoms with Crippen LogP contribution in [0.15, 0.2) is 0 Å². The van der Waals surface area contributed by atoms with Gasteiger partial charge in [-0.1, -0.05) is 104 Å². The van der Waals surface area contributed by atoms with Crippen molar-refractivity contribution < 1.29 is 39.8 Å². The summed E-state index contributed by atoms with van der Waals surface area (Å²) in [5.74, 6) is -0.182. The molecule has 1 saturated heterocycles. The Labute approximate surface area is 230 Å². The Balaban J connectivity index is 2.38. The summed E-state index contributed by atoms with van der Waals surface area (Å²) >= 11 is 0. The second-order valence-corrected chi connectivity index (χ2v) is 10.9. The van der Waals surface area contributed by atoms with Crippen LogP contribution in [0.25, 0.3) is 0 Å². The number of hydrogen-bond donors (Lipinski definition) is 6. The molecule has 9 nitrogen and oxygen atoms in total. The number of aliphatic hydroxyl groups excluding tert-OH is 5. The lowest BCUT2D eigenvalue weighted by atomic mass is 9.99. The van der Waals surface area contributed by atoms with E-state index in [4.69, 9.17) is 9.47 Å². The van der Waals surface area contributed by atoms with Crippen LogP contribution in [-0.2, 0) is 14.3 Å². The number of aliphatic hydroxyl groups is 5. The topological polar surface area (TPSA) is 149 Å². The SMILES string of the molecule is CCCCCCCCCCCCCCC[C@@H](O)[C@H](COC1OC(CO)C(O)C(O)C1O)NC(=O)CCCC. The minimum Gasteiger partial charge on any atom is -0.394 e. The summed E-state index contributed by atoms with van der Waals surface area (Å²) in [4.78, 5) is 12.4. The standard InChI is InChI=1S/C29H57NO8/c1-3-5-7-8-9-10-11-12-13-14-15-16-17-18-23(32)22(30-25(33)19-6-4-2)21-37-29-28(36)27(35)26(34)24(20-31)38-29/h22-24,26-29,31-32,34-36H,3-21H2,1-2H3,(H,30,33)/t22-,23+,24?,26?,27?,28?,29?/m0/s1. The number of amides is 1. The van der Waals surface area contributed by atoms with Gasteiger partial charge in [0.05, 0.1) is 25.4 Å². The van der Waals surface area contributed by atoms with Crippen molar-refractivity contribution in [2.75, 3.05) is 13.2 Å². The van der Waals surface area contributed by atoms with Crippen LogP contribution in [0.5, 0.6) is 0 Å². The molecule has 0 aliphatic carbocycles. The molecule has 38 heavy (non-hydrogen) atoms. The Bertz CT molecular complexity index is 579. The summed E-state index contributed by atoms with van der Waals surface area (Å²) in [5, 5.41) is 53.2. The fourth-order valence-corrected chi connectivity index (χ4v) is 4.84. The summed E-state index contributed by atoms with van der Waals surface area (Å²) in [5.41, 5.74) is 0. The molecule has 1 aliphatic rings. The van der Waals surface area contributed by atoms with Crippen LogP contribution in [0.3, 0.4) is 0 Å². The van der Waals surface area contributed by atoms with Crippen molar-refractivity contribution >= 4 is 5.91 Å². The van der Waals surface area contributed by atoms with Gasteiger partial charge in [0.1, 0.15) is 24.4 Å². The smallest absolute Gasteiger partial charge is 0.220 e. The van der Waals surface area contributed by atoms with Crippen molar-refractivity contribution in [1.82, 2.24) is 5.32 Å². The second kappa shape index (κ2) is 21.9. The molecule has 1 rings (SSSR count). The number of hydrogen-bond acceptors (Lipinski definition) is 8. The van der Waals surface area contributed by atoms with Crippen molar-refractivity contribution in [2.45, 2.75) is 166 Å². The van der Waals surface area contributed by atoms with Crippen molar-refractivity contribution in [2.24, 2.45) is 0 Å². The highest BCUT2D eigenvalue weighted by Gasteiger charge is 2.44. The van der Waals surface area contributed by atoms with Gasteiger partial charge in [0.25, 0.3) is 0 Å². The number of unbranched alkanes of at least 4 members (excludes halogenated alkanes) is 13. The highest BCUT2D eigenvalue weighted by atomic mass is 16.7. The monoisotopic (exact) mass is 547 g/mol. The molecule has 0 radical (unpaired) electrons. The molecular weight excluding hydrogens is 490 g/mol. The minimum atomic E-state index is -1.54. The third-order valence-electron chi connectivity index (χ3n) is 7.46. The summed E-state index contributed by atoms with van der Waals surface area (Å²) < 4.78 is 11.0. The number of ether oxygens (including phenoxy) is 2. The van der Waals surface area contributed by atoms with Gasteiger partial charge in [-0.25, -0.2) is 0 Å². The molecule has 0 spiro atoms. The van der Waals surface area contributed by atoms with Gasteiger partial charge in [-0.3, -0.25) is 4.79 Å². The van der Waals surface area contributed by atoms with Crippen LogP contribution in [0.1, 0.15) is 123 Å². The number of rotatable bonds is 23. The van der Waals surface area contributed by atoms with Gasteiger partial charge in [-0.15, -0.1) is 0 Å². The van der Waals surface area contributed by atoms with Crippen molar-refractivity contribution in [3.63, 3.8) is 0 Å².